The van der Waals surface area contributed by atoms with E-state index in [0.29, 0.717) is 0 Å². The lowest BCUT2D eigenvalue weighted by atomic mass is 10.1. The fourth-order valence-electron chi connectivity index (χ4n) is 1.20. The summed E-state index contributed by atoms with van der Waals surface area (Å²) in [6.45, 7) is 0. The Labute approximate surface area is 81.1 Å². The number of pyridine rings is 1. The molecule has 0 aliphatic rings. The van der Waals surface area contributed by atoms with Crippen molar-refractivity contribution >= 4 is 17.0 Å². The van der Waals surface area contributed by atoms with E-state index in [1.54, 1.807) is 17.5 Å². The van der Waals surface area contributed by atoms with E-state index < -0.39 is 0 Å². The fraction of sp³-hybridized carbons (Fsp3) is 0.100. The molecule has 0 aromatic carbocycles. The molecule has 0 aliphatic carbocycles. The summed E-state index contributed by atoms with van der Waals surface area (Å²) in [5.41, 5.74) is 9.02. The third-order valence-electron chi connectivity index (χ3n) is 1.92. The molecule has 0 aliphatic heterocycles. The van der Waals surface area contributed by atoms with Gasteiger partial charge in [0.05, 0.1) is 0 Å². The van der Waals surface area contributed by atoms with E-state index in [0.717, 1.165) is 17.7 Å². The quantitative estimate of drug-likeness (QED) is 0.789. The third kappa shape index (κ3) is 1.87. The van der Waals surface area contributed by atoms with Crippen molar-refractivity contribution in [2.24, 2.45) is 0 Å². The van der Waals surface area contributed by atoms with Crippen molar-refractivity contribution in [1.82, 2.24) is 4.98 Å². The maximum Gasteiger partial charge on any atom is 0.0380 e. The summed E-state index contributed by atoms with van der Waals surface area (Å²) in [6.07, 6.45) is 4.42. The van der Waals surface area contributed by atoms with Crippen LogP contribution >= 0.6 is 11.3 Å². The second-order valence-corrected chi connectivity index (χ2v) is 3.66. The molecule has 3 heteroatoms. The van der Waals surface area contributed by atoms with Crippen LogP contribution in [0.15, 0.2) is 35.3 Å². The lowest BCUT2D eigenvalue weighted by Gasteiger charge is -2.01. The Morgan fingerprint density at radius 1 is 1.38 bits per heavy atom. The molecule has 2 heterocycles. The first-order valence-corrected chi connectivity index (χ1v) is 5.00. The summed E-state index contributed by atoms with van der Waals surface area (Å²) in [6, 6.07) is 3.94. The van der Waals surface area contributed by atoms with Crippen molar-refractivity contribution in [2.45, 2.75) is 6.42 Å². The van der Waals surface area contributed by atoms with Crippen LogP contribution < -0.4 is 5.73 Å². The highest BCUT2D eigenvalue weighted by Crippen LogP contribution is 2.16. The Balaban J connectivity index is 2.24. The Morgan fingerprint density at radius 2 is 2.31 bits per heavy atom. The number of hydrogen-bond acceptors (Lipinski definition) is 3. The van der Waals surface area contributed by atoms with E-state index in [9.17, 15) is 0 Å². The number of rotatable bonds is 2. The van der Waals surface area contributed by atoms with Crippen molar-refractivity contribution in [1.29, 1.82) is 0 Å². The van der Waals surface area contributed by atoms with Gasteiger partial charge >= 0.3 is 0 Å². The summed E-state index contributed by atoms with van der Waals surface area (Å²) in [5, 5.41) is 4.20. The molecule has 2 nitrogen and oxygen atoms in total. The molecule has 13 heavy (non-hydrogen) atoms. The van der Waals surface area contributed by atoms with Crippen molar-refractivity contribution in [2.75, 3.05) is 5.73 Å². The second-order valence-electron chi connectivity index (χ2n) is 2.88. The first kappa shape index (κ1) is 8.26. The van der Waals surface area contributed by atoms with Crippen molar-refractivity contribution < 1.29 is 0 Å². The fourth-order valence-corrected chi connectivity index (χ4v) is 1.87. The van der Waals surface area contributed by atoms with Crippen molar-refractivity contribution in [3.8, 4) is 0 Å². The predicted molar refractivity (Wildman–Crippen MR) is 55.8 cm³/mol. The SMILES string of the molecule is Nc1ccncc1Cc1ccsc1. The summed E-state index contributed by atoms with van der Waals surface area (Å²) in [7, 11) is 0. The normalized spacial score (nSPS) is 10.2. The van der Waals surface area contributed by atoms with Gasteiger partial charge in [-0.15, -0.1) is 0 Å². The van der Waals surface area contributed by atoms with Gasteiger partial charge in [-0.1, -0.05) is 0 Å². The van der Waals surface area contributed by atoms with Crippen LogP contribution in [0.2, 0.25) is 0 Å². The summed E-state index contributed by atoms with van der Waals surface area (Å²) >= 11 is 1.70. The molecular weight excluding hydrogens is 180 g/mol. The maximum absolute atomic E-state index is 5.80. The Morgan fingerprint density at radius 3 is 3.00 bits per heavy atom. The zero-order valence-electron chi connectivity index (χ0n) is 7.10. The highest BCUT2D eigenvalue weighted by Gasteiger charge is 2.00. The molecule has 2 aromatic rings. The molecule has 0 saturated heterocycles. The van der Waals surface area contributed by atoms with Gasteiger partial charge in [0.25, 0.3) is 0 Å². The summed E-state index contributed by atoms with van der Waals surface area (Å²) in [4.78, 5) is 4.05. The largest absolute Gasteiger partial charge is 0.398 e. The van der Waals surface area contributed by atoms with E-state index in [2.05, 4.69) is 21.8 Å². The van der Waals surface area contributed by atoms with Crippen LogP contribution in [0.25, 0.3) is 0 Å². The van der Waals surface area contributed by atoms with Crippen LogP contribution in [0.5, 0.6) is 0 Å². The number of thiophene rings is 1. The first-order chi connectivity index (χ1) is 6.36. The minimum Gasteiger partial charge on any atom is -0.398 e. The summed E-state index contributed by atoms with van der Waals surface area (Å²) in [5.74, 6) is 0. The molecule has 0 saturated carbocycles. The highest BCUT2D eigenvalue weighted by molar-refractivity contribution is 7.07. The van der Waals surface area contributed by atoms with Crippen LogP contribution in [0.4, 0.5) is 5.69 Å². The molecule has 2 N–H and O–H groups in total. The lowest BCUT2D eigenvalue weighted by Crippen LogP contribution is -1.95. The van der Waals surface area contributed by atoms with E-state index in [1.165, 1.54) is 5.56 Å². The average Bonchev–Trinajstić information content (AvgIpc) is 2.61. The number of nitrogens with zero attached hydrogens (tertiary/aromatic N) is 1. The first-order valence-electron chi connectivity index (χ1n) is 4.05. The molecule has 0 unspecified atom stereocenters. The van der Waals surface area contributed by atoms with Gasteiger partial charge in [-0.2, -0.15) is 11.3 Å². The second kappa shape index (κ2) is 3.58. The molecule has 0 amide bonds. The molecule has 0 fully saturated rings. The van der Waals surface area contributed by atoms with Crippen molar-refractivity contribution in [3.63, 3.8) is 0 Å². The number of hydrogen-bond donors (Lipinski definition) is 1. The summed E-state index contributed by atoms with van der Waals surface area (Å²) < 4.78 is 0. The van der Waals surface area contributed by atoms with Gasteiger partial charge in [-0.3, -0.25) is 4.98 Å². The number of nitrogens with two attached hydrogens (primary N) is 1. The predicted octanol–water partition coefficient (Wildman–Crippen LogP) is 2.32. The molecule has 2 rings (SSSR count). The maximum atomic E-state index is 5.80. The lowest BCUT2D eigenvalue weighted by molar-refractivity contribution is 1.16. The van der Waals surface area contributed by atoms with E-state index >= 15 is 0 Å². The standard InChI is InChI=1S/C10H10N2S/c11-10-1-3-12-6-9(10)5-8-2-4-13-7-8/h1-4,6-7H,5H2,(H2,11,12). The zero-order chi connectivity index (χ0) is 9.10. The Kier molecular flexibility index (Phi) is 2.27. The minimum atomic E-state index is 0.821. The number of anilines is 1. The van der Waals surface area contributed by atoms with Crippen LogP contribution in [-0.2, 0) is 6.42 Å². The van der Waals surface area contributed by atoms with Crippen LogP contribution in [0.3, 0.4) is 0 Å². The number of aromatic nitrogens is 1. The van der Waals surface area contributed by atoms with Crippen LogP contribution in [0, 0.1) is 0 Å². The molecule has 0 bridgehead atoms. The Bertz CT molecular complexity index is 382. The molecule has 0 atom stereocenters. The van der Waals surface area contributed by atoms with Gasteiger partial charge in [0.1, 0.15) is 0 Å². The molecule has 0 radical (unpaired) electrons. The smallest absolute Gasteiger partial charge is 0.0380 e. The van der Waals surface area contributed by atoms with Crippen molar-refractivity contribution in [3.05, 3.63) is 46.4 Å². The van der Waals surface area contributed by atoms with Gasteiger partial charge < -0.3 is 5.73 Å². The van der Waals surface area contributed by atoms with Gasteiger partial charge in [-0.05, 0) is 34.0 Å². The van der Waals surface area contributed by atoms with Crippen LogP contribution in [-0.4, -0.2) is 4.98 Å². The van der Waals surface area contributed by atoms with Gasteiger partial charge in [0, 0.05) is 24.5 Å². The topological polar surface area (TPSA) is 38.9 Å². The van der Waals surface area contributed by atoms with E-state index in [4.69, 9.17) is 5.73 Å². The molecule has 2 aromatic heterocycles. The zero-order valence-corrected chi connectivity index (χ0v) is 7.92. The van der Waals surface area contributed by atoms with Gasteiger partial charge in [0.2, 0.25) is 0 Å². The molecular formula is C10H10N2S. The molecule has 0 spiro atoms. The van der Waals surface area contributed by atoms with Gasteiger partial charge in [-0.25, -0.2) is 0 Å². The monoisotopic (exact) mass is 190 g/mol. The van der Waals surface area contributed by atoms with E-state index in [-0.39, 0.29) is 0 Å². The number of nitrogen functional groups attached to an aromatic ring is 1. The minimum absolute atomic E-state index is 0.821. The average molecular weight is 190 g/mol. The molecule has 66 valence electrons. The third-order valence-corrected chi connectivity index (χ3v) is 2.65. The van der Waals surface area contributed by atoms with Crippen LogP contribution in [0.1, 0.15) is 11.1 Å². The van der Waals surface area contributed by atoms with E-state index in [1.807, 2.05) is 12.3 Å². The highest BCUT2D eigenvalue weighted by atomic mass is 32.1. The Hall–Kier alpha value is -1.35. The van der Waals surface area contributed by atoms with Gasteiger partial charge in [0.15, 0.2) is 0 Å².